The predicted octanol–water partition coefficient (Wildman–Crippen LogP) is 3.04. The van der Waals surface area contributed by atoms with Crippen LogP contribution in [0.25, 0.3) is 0 Å². The van der Waals surface area contributed by atoms with Gasteiger partial charge in [-0.1, -0.05) is 0 Å². The summed E-state index contributed by atoms with van der Waals surface area (Å²) in [5.41, 5.74) is 0.509. The van der Waals surface area contributed by atoms with Crippen LogP contribution in [0.4, 0.5) is 0 Å². The monoisotopic (exact) mass is 341 g/mol. The molecule has 1 aromatic carbocycles. The highest BCUT2D eigenvalue weighted by Crippen LogP contribution is 2.36. The molecule has 1 aliphatic carbocycles. The van der Waals surface area contributed by atoms with E-state index in [2.05, 4.69) is 22.9 Å². The fourth-order valence-corrected chi connectivity index (χ4v) is 2.57. The zero-order chi connectivity index (χ0) is 14.7. The number of nitrogens with zero attached hydrogens (tertiary/aromatic N) is 1. The molecule has 1 saturated carbocycles. The second kappa shape index (κ2) is 6.59. The molecule has 0 bridgehead atoms. The molecule has 0 heterocycles. The number of phenolic OH excluding ortho intramolecular Hbond substituents is 1. The topological polar surface area (TPSA) is 49.8 Å². The van der Waals surface area contributed by atoms with E-state index in [-0.39, 0.29) is 17.7 Å². The Morgan fingerprint density at radius 3 is 2.80 bits per heavy atom. The molecule has 1 aliphatic rings. The maximum absolute atomic E-state index is 12.6. The average molecular weight is 342 g/mol. The molecule has 1 amide bonds. The third kappa shape index (κ3) is 3.52. The van der Waals surface area contributed by atoms with Crippen LogP contribution in [0, 0.1) is 5.92 Å². The molecule has 0 aliphatic heterocycles. The third-order valence-electron chi connectivity index (χ3n) is 3.79. The van der Waals surface area contributed by atoms with Crippen LogP contribution < -0.4 is 0 Å². The van der Waals surface area contributed by atoms with E-state index in [9.17, 15) is 9.90 Å². The number of rotatable bonds is 6. The van der Waals surface area contributed by atoms with Gasteiger partial charge in [0, 0.05) is 25.3 Å². The Kier molecular flexibility index (Phi) is 5.05. The third-order valence-corrected chi connectivity index (χ3v) is 4.46. The molecule has 2 rings (SSSR count). The van der Waals surface area contributed by atoms with Gasteiger partial charge in [0.25, 0.3) is 5.91 Å². The van der Waals surface area contributed by atoms with E-state index >= 15 is 0 Å². The Morgan fingerprint density at radius 2 is 2.25 bits per heavy atom. The van der Waals surface area contributed by atoms with E-state index in [0.29, 0.717) is 29.1 Å². The van der Waals surface area contributed by atoms with E-state index < -0.39 is 0 Å². The Hall–Kier alpha value is -1.07. The number of hydrogen-bond acceptors (Lipinski definition) is 3. The molecule has 1 fully saturated rings. The fourth-order valence-electron chi connectivity index (χ4n) is 2.32. The quantitative estimate of drug-likeness (QED) is 0.865. The van der Waals surface area contributed by atoms with Gasteiger partial charge in [-0.3, -0.25) is 4.79 Å². The minimum atomic E-state index is -0.0516. The molecule has 4 nitrogen and oxygen atoms in total. The lowest BCUT2D eigenvalue weighted by Crippen LogP contribution is -2.42. The molecule has 1 unspecified atom stereocenters. The lowest BCUT2D eigenvalue weighted by molar-refractivity contribution is 0.0594. The molecule has 1 atom stereocenters. The summed E-state index contributed by atoms with van der Waals surface area (Å²) in [6, 6.07) is 5.14. The highest BCUT2D eigenvalue weighted by molar-refractivity contribution is 9.10. The second-order valence-corrected chi connectivity index (χ2v) is 6.09. The van der Waals surface area contributed by atoms with Gasteiger partial charge in [0.05, 0.1) is 11.1 Å². The number of halogens is 1. The van der Waals surface area contributed by atoms with Crippen LogP contribution in [0.1, 0.15) is 30.1 Å². The van der Waals surface area contributed by atoms with Crippen LogP contribution in [-0.4, -0.2) is 42.2 Å². The number of benzene rings is 1. The summed E-state index contributed by atoms with van der Waals surface area (Å²) < 4.78 is 5.69. The number of ether oxygens (including phenoxy) is 1. The van der Waals surface area contributed by atoms with Crippen LogP contribution in [-0.2, 0) is 4.74 Å². The molecule has 0 radical (unpaired) electrons. The molecular weight excluding hydrogens is 322 g/mol. The zero-order valence-electron chi connectivity index (χ0n) is 11.8. The van der Waals surface area contributed by atoms with Gasteiger partial charge in [0.15, 0.2) is 0 Å². The maximum atomic E-state index is 12.6. The van der Waals surface area contributed by atoms with Crippen LogP contribution in [0.2, 0.25) is 0 Å². The van der Waals surface area contributed by atoms with Crippen molar-refractivity contribution in [3.05, 3.63) is 28.2 Å². The van der Waals surface area contributed by atoms with Gasteiger partial charge in [-0.05, 0) is 59.8 Å². The number of hydrogen-bond donors (Lipinski definition) is 1. The number of amides is 1. The Morgan fingerprint density at radius 1 is 1.55 bits per heavy atom. The van der Waals surface area contributed by atoms with Crippen molar-refractivity contribution >= 4 is 21.8 Å². The molecule has 0 aromatic heterocycles. The largest absolute Gasteiger partial charge is 0.507 e. The molecule has 20 heavy (non-hydrogen) atoms. The molecule has 1 aromatic rings. The number of methoxy groups -OCH3 is 1. The minimum absolute atomic E-state index is 0.0516. The smallest absolute Gasteiger partial charge is 0.254 e. The molecule has 0 saturated heterocycles. The first kappa shape index (κ1) is 15.3. The molecule has 5 heteroatoms. The Balaban J connectivity index is 2.17. The van der Waals surface area contributed by atoms with E-state index in [0.717, 1.165) is 0 Å². The van der Waals surface area contributed by atoms with Gasteiger partial charge in [0.1, 0.15) is 5.75 Å². The first-order valence-electron chi connectivity index (χ1n) is 6.83. The molecule has 0 spiro atoms. The van der Waals surface area contributed by atoms with Crippen molar-refractivity contribution in [1.29, 1.82) is 0 Å². The molecule has 110 valence electrons. The lowest BCUT2D eigenvalue weighted by Gasteiger charge is -2.29. The van der Waals surface area contributed by atoms with Crippen molar-refractivity contribution in [3.8, 4) is 5.75 Å². The predicted molar refractivity (Wildman–Crippen MR) is 80.9 cm³/mol. The normalized spacial score (nSPS) is 15.9. The Bertz CT molecular complexity index is 488. The van der Waals surface area contributed by atoms with Gasteiger partial charge < -0.3 is 14.7 Å². The van der Waals surface area contributed by atoms with Crippen LogP contribution in [0.15, 0.2) is 22.7 Å². The fraction of sp³-hybridized carbons (Fsp3) is 0.533. The zero-order valence-corrected chi connectivity index (χ0v) is 13.4. The van der Waals surface area contributed by atoms with Crippen molar-refractivity contribution in [2.24, 2.45) is 5.92 Å². The summed E-state index contributed by atoms with van der Waals surface area (Å²) >= 11 is 3.22. The number of carbonyl (C=O) groups is 1. The number of carbonyl (C=O) groups excluding carboxylic acids is 1. The van der Waals surface area contributed by atoms with Crippen LogP contribution >= 0.6 is 15.9 Å². The van der Waals surface area contributed by atoms with Gasteiger partial charge in [0.2, 0.25) is 0 Å². The molecule has 1 N–H and O–H groups in total. The first-order chi connectivity index (χ1) is 9.54. The highest BCUT2D eigenvalue weighted by Gasteiger charge is 2.34. The van der Waals surface area contributed by atoms with E-state index in [1.165, 1.54) is 18.9 Å². The van der Waals surface area contributed by atoms with Crippen molar-refractivity contribution in [1.82, 2.24) is 4.90 Å². The van der Waals surface area contributed by atoms with Crippen molar-refractivity contribution in [2.75, 3.05) is 20.3 Å². The highest BCUT2D eigenvalue weighted by atomic mass is 79.9. The summed E-state index contributed by atoms with van der Waals surface area (Å²) in [5, 5.41) is 9.72. The van der Waals surface area contributed by atoms with Crippen LogP contribution in [0.5, 0.6) is 5.75 Å². The van der Waals surface area contributed by atoms with Gasteiger partial charge in [-0.25, -0.2) is 0 Å². The van der Waals surface area contributed by atoms with Crippen molar-refractivity contribution in [2.45, 2.75) is 25.8 Å². The summed E-state index contributed by atoms with van der Waals surface area (Å²) in [4.78, 5) is 14.5. The van der Waals surface area contributed by atoms with Gasteiger partial charge >= 0.3 is 0 Å². The number of aromatic hydroxyl groups is 1. The minimum Gasteiger partial charge on any atom is -0.507 e. The summed E-state index contributed by atoms with van der Waals surface area (Å²) in [6.07, 6.45) is 2.37. The Labute approximate surface area is 127 Å². The van der Waals surface area contributed by atoms with Crippen molar-refractivity contribution < 1.29 is 14.6 Å². The van der Waals surface area contributed by atoms with Crippen LogP contribution in [0.3, 0.4) is 0 Å². The summed E-state index contributed by atoms with van der Waals surface area (Å²) in [5.74, 6) is 0.630. The SMILES string of the molecule is COCCN(C(=O)c1ccc(Br)c(O)c1)C(C)C1CC1. The van der Waals surface area contributed by atoms with Gasteiger partial charge in [-0.2, -0.15) is 0 Å². The first-order valence-corrected chi connectivity index (χ1v) is 7.62. The lowest BCUT2D eigenvalue weighted by atomic mass is 10.1. The van der Waals surface area contributed by atoms with E-state index in [1.54, 1.807) is 19.2 Å². The standard InChI is InChI=1S/C15H20BrNO3/c1-10(11-3-4-11)17(7-8-20-2)15(19)12-5-6-13(16)14(18)9-12/h5-6,9-11,18H,3-4,7-8H2,1-2H3. The summed E-state index contributed by atoms with van der Waals surface area (Å²) in [6.45, 7) is 3.18. The second-order valence-electron chi connectivity index (χ2n) is 5.24. The van der Waals surface area contributed by atoms with Crippen molar-refractivity contribution in [3.63, 3.8) is 0 Å². The average Bonchev–Trinajstić information content (AvgIpc) is 3.26. The number of phenols is 1. The van der Waals surface area contributed by atoms with E-state index in [4.69, 9.17) is 4.74 Å². The molecular formula is C15H20BrNO3. The summed E-state index contributed by atoms with van der Waals surface area (Å²) in [7, 11) is 1.63. The van der Waals surface area contributed by atoms with E-state index in [1.807, 2.05) is 4.90 Å². The van der Waals surface area contributed by atoms with Gasteiger partial charge in [-0.15, -0.1) is 0 Å². The maximum Gasteiger partial charge on any atom is 0.254 e.